The molecule has 5 heteroatoms. The van der Waals surface area contributed by atoms with E-state index in [0.717, 1.165) is 18.9 Å². The van der Waals surface area contributed by atoms with Gasteiger partial charge >= 0.3 is 0 Å². The molecular weight excluding hydrogens is 228 g/mol. The van der Waals surface area contributed by atoms with Crippen molar-refractivity contribution in [3.05, 3.63) is 18.1 Å². The SMILES string of the molecule is CC1(C)CN(c2cnc(C#N)cn2)CC(C)(C)O1. The summed E-state index contributed by atoms with van der Waals surface area (Å²) in [6.45, 7) is 9.79. The normalized spacial score (nSPS) is 21.4. The molecule has 0 spiro atoms. The minimum absolute atomic E-state index is 0.225. The maximum absolute atomic E-state index is 8.72. The molecule has 1 fully saturated rings. The lowest BCUT2D eigenvalue weighted by Crippen LogP contribution is -2.57. The van der Waals surface area contributed by atoms with Crippen molar-refractivity contribution in [2.24, 2.45) is 0 Å². The molecule has 0 amide bonds. The average Bonchev–Trinajstić information content (AvgIpc) is 2.25. The van der Waals surface area contributed by atoms with E-state index in [0.29, 0.717) is 5.69 Å². The summed E-state index contributed by atoms with van der Waals surface area (Å²) in [6.07, 6.45) is 3.15. The molecular formula is C13H18N4O. The van der Waals surface area contributed by atoms with Gasteiger partial charge in [0, 0.05) is 13.1 Å². The van der Waals surface area contributed by atoms with Crippen molar-refractivity contribution in [2.45, 2.75) is 38.9 Å². The Bertz CT molecular complexity index is 457. The topological polar surface area (TPSA) is 62.0 Å². The van der Waals surface area contributed by atoms with Crippen LogP contribution in [-0.2, 0) is 4.74 Å². The molecule has 1 aromatic heterocycles. The third-order valence-corrected chi connectivity index (χ3v) is 2.77. The number of aromatic nitrogens is 2. The summed E-state index contributed by atoms with van der Waals surface area (Å²) in [5, 5.41) is 8.72. The van der Waals surface area contributed by atoms with Crippen LogP contribution in [0.5, 0.6) is 0 Å². The van der Waals surface area contributed by atoms with E-state index in [2.05, 4.69) is 42.6 Å². The summed E-state index contributed by atoms with van der Waals surface area (Å²) in [6, 6.07) is 1.97. The van der Waals surface area contributed by atoms with Crippen molar-refractivity contribution in [3.63, 3.8) is 0 Å². The maximum Gasteiger partial charge on any atom is 0.158 e. The lowest BCUT2D eigenvalue weighted by Gasteiger charge is -2.47. The van der Waals surface area contributed by atoms with Crippen LogP contribution in [0.1, 0.15) is 33.4 Å². The number of rotatable bonds is 1. The van der Waals surface area contributed by atoms with Gasteiger partial charge < -0.3 is 9.64 Å². The van der Waals surface area contributed by atoms with Gasteiger partial charge in [-0.1, -0.05) is 0 Å². The number of morpholine rings is 1. The van der Waals surface area contributed by atoms with Crippen LogP contribution in [0, 0.1) is 11.3 Å². The first kappa shape index (κ1) is 12.8. The molecule has 0 atom stereocenters. The zero-order valence-electron chi connectivity index (χ0n) is 11.3. The molecule has 5 nitrogen and oxygen atoms in total. The van der Waals surface area contributed by atoms with Crippen LogP contribution < -0.4 is 4.90 Å². The summed E-state index contributed by atoms with van der Waals surface area (Å²) < 4.78 is 6.02. The molecule has 0 radical (unpaired) electrons. The first-order valence-electron chi connectivity index (χ1n) is 5.99. The van der Waals surface area contributed by atoms with Gasteiger partial charge in [0.05, 0.1) is 23.6 Å². The van der Waals surface area contributed by atoms with Crippen molar-refractivity contribution < 1.29 is 4.74 Å². The van der Waals surface area contributed by atoms with Gasteiger partial charge in [0.1, 0.15) is 11.9 Å². The summed E-state index contributed by atoms with van der Waals surface area (Å²) in [4.78, 5) is 10.5. The highest BCUT2D eigenvalue weighted by atomic mass is 16.5. The van der Waals surface area contributed by atoms with Gasteiger partial charge in [-0.2, -0.15) is 5.26 Å². The van der Waals surface area contributed by atoms with Crippen molar-refractivity contribution in [1.82, 2.24) is 9.97 Å². The third-order valence-electron chi connectivity index (χ3n) is 2.77. The fraction of sp³-hybridized carbons (Fsp3) is 0.615. The standard InChI is InChI=1S/C13H18N4O/c1-12(2)8-17(9-13(3,4)18-12)11-7-15-10(5-14)6-16-11/h6-7H,8-9H2,1-4H3. The first-order chi connectivity index (χ1) is 8.31. The maximum atomic E-state index is 8.72. The largest absolute Gasteiger partial charge is 0.366 e. The first-order valence-corrected chi connectivity index (χ1v) is 5.99. The molecule has 0 aromatic carbocycles. The molecule has 1 aliphatic rings. The summed E-state index contributed by atoms with van der Waals surface area (Å²) >= 11 is 0. The van der Waals surface area contributed by atoms with Crippen molar-refractivity contribution in [1.29, 1.82) is 5.26 Å². The fourth-order valence-corrected chi connectivity index (χ4v) is 2.49. The predicted octanol–water partition coefficient (Wildman–Crippen LogP) is 1.74. The van der Waals surface area contributed by atoms with Crippen LogP contribution >= 0.6 is 0 Å². The Morgan fingerprint density at radius 1 is 1.17 bits per heavy atom. The second-order valence-corrected chi connectivity index (χ2v) is 5.85. The third kappa shape index (κ3) is 2.77. The summed E-state index contributed by atoms with van der Waals surface area (Å²) in [5.74, 6) is 0.790. The number of hydrogen-bond acceptors (Lipinski definition) is 5. The Morgan fingerprint density at radius 3 is 2.22 bits per heavy atom. The highest BCUT2D eigenvalue weighted by molar-refractivity contribution is 5.39. The number of nitriles is 1. The Morgan fingerprint density at radius 2 is 1.78 bits per heavy atom. The summed E-state index contributed by atoms with van der Waals surface area (Å²) in [7, 11) is 0. The molecule has 2 heterocycles. The Kier molecular flexibility index (Phi) is 2.99. The highest BCUT2D eigenvalue weighted by Gasteiger charge is 2.38. The van der Waals surface area contributed by atoms with E-state index in [1.165, 1.54) is 6.20 Å². The van der Waals surface area contributed by atoms with E-state index in [-0.39, 0.29) is 11.2 Å². The van der Waals surface area contributed by atoms with E-state index in [1.54, 1.807) is 6.20 Å². The number of hydrogen-bond donors (Lipinski definition) is 0. The van der Waals surface area contributed by atoms with Crippen LogP contribution in [0.4, 0.5) is 5.82 Å². The van der Waals surface area contributed by atoms with Crippen LogP contribution in [-0.4, -0.2) is 34.3 Å². The molecule has 1 saturated heterocycles. The van der Waals surface area contributed by atoms with Crippen LogP contribution in [0.15, 0.2) is 12.4 Å². The van der Waals surface area contributed by atoms with Crippen LogP contribution in [0.2, 0.25) is 0 Å². The predicted molar refractivity (Wildman–Crippen MR) is 68.2 cm³/mol. The molecule has 0 bridgehead atoms. The lowest BCUT2D eigenvalue weighted by atomic mass is 9.99. The van der Waals surface area contributed by atoms with E-state index < -0.39 is 0 Å². The van der Waals surface area contributed by atoms with Gasteiger partial charge in [0.15, 0.2) is 5.69 Å². The van der Waals surface area contributed by atoms with E-state index >= 15 is 0 Å². The zero-order valence-corrected chi connectivity index (χ0v) is 11.3. The van der Waals surface area contributed by atoms with Crippen molar-refractivity contribution in [2.75, 3.05) is 18.0 Å². The summed E-state index contributed by atoms with van der Waals surface area (Å²) in [5.41, 5.74) is -0.111. The molecule has 0 aliphatic carbocycles. The van der Waals surface area contributed by atoms with Crippen LogP contribution in [0.3, 0.4) is 0 Å². The Hall–Kier alpha value is -1.67. The van der Waals surface area contributed by atoms with Gasteiger partial charge in [0.2, 0.25) is 0 Å². The molecule has 2 rings (SSSR count). The van der Waals surface area contributed by atoms with E-state index in [9.17, 15) is 0 Å². The van der Waals surface area contributed by atoms with E-state index in [1.807, 2.05) is 6.07 Å². The second-order valence-electron chi connectivity index (χ2n) is 5.85. The molecule has 18 heavy (non-hydrogen) atoms. The van der Waals surface area contributed by atoms with Gasteiger partial charge in [0.25, 0.3) is 0 Å². The molecule has 0 saturated carbocycles. The van der Waals surface area contributed by atoms with Crippen molar-refractivity contribution >= 4 is 5.82 Å². The van der Waals surface area contributed by atoms with Gasteiger partial charge in [-0.3, -0.25) is 0 Å². The minimum Gasteiger partial charge on any atom is -0.366 e. The van der Waals surface area contributed by atoms with Gasteiger partial charge in [-0.15, -0.1) is 0 Å². The van der Waals surface area contributed by atoms with Gasteiger partial charge in [-0.25, -0.2) is 9.97 Å². The van der Waals surface area contributed by atoms with E-state index in [4.69, 9.17) is 10.00 Å². The zero-order chi connectivity index (χ0) is 13.4. The Balaban J connectivity index is 2.24. The smallest absolute Gasteiger partial charge is 0.158 e. The highest BCUT2D eigenvalue weighted by Crippen LogP contribution is 2.30. The average molecular weight is 246 g/mol. The van der Waals surface area contributed by atoms with Crippen LogP contribution in [0.25, 0.3) is 0 Å². The number of anilines is 1. The quantitative estimate of drug-likeness (QED) is 0.755. The number of nitrogens with zero attached hydrogens (tertiary/aromatic N) is 4. The number of ether oxygens (including phenoxy) is 1. The molecule has 1 aliphatic heterocycles. The molecule has 1 aromatic rings. The molecule has 96 valence electrons. The Labute approximate surface area is 107 Å². The fourth-order valence-electron chi connectivity index (χ4n) is 2.49. The molecule has 0 N–H and O–H groups in total. The lowest BCUT2D eigenvalue weighted by molar-refractivity contribution is -0.133. The molecule has 0 unspecified atom stereocenters. The minimum atomic E-state index is -0.225. The van der Waals surface area contributed by atoms with Gasteiger partial charge in [-0.05, 0) is 27.7 Å². The second kappa shape index (κ2) is 4.21. The monoisotopic (exact) mass is 246 g/mol. The van der Waals surface area contributed by atoms with Crippen molar-refractivity contribution in [3.8, 4) is 6.07 Å².